The molecule has 0 bridgehead atoms. The number of sulfonamides is 1. The summed E-state index contributed by atoms with van der Waals surface area (Å²) in [5, 5.41) is 0. The number of halogens is 1. The molecule has 0 radical (unpaired) electrons. The lowest BCUT2D eigenvalue weighted by Gasteiger charge is -2.28. The van der Waals surface area contributed by atoms with Crippen LogP contribution in [0.25, 0.3) is 0 Å². The quantitative estimate of drug-likeness (QED) is 0.898. The molecule has 0 unspecified atom stereocenters. The Morgan fingerprint density at radius 1 is 1.30 bits per heavy atom. The first-order valence-corrected chi connectivity index (χ1v) is 8.51. The summed E-state index contributed by atoms with van der Waals surface area (Å²) < 4.78 is 40.0. The summed E-state index contributed by atoms with van der Waals surface area (Å²) >= 11 is 0. The van der Waals surface area contributed by atoms with Gasteiger partial charge in [0.05, 0.1) is 5.75 Å². The van der Waals surface area contributed by atoms with Gasteiger partial charge < -0.3 is 4.90 Å². The highest BCUT2D eigenvalue weighted by Crippen LogP contribution is 2.16. The Kier molecular flexibility index (Phi) is 5.12. The van der Waals surface area contributed by atoms with Crippen LogP contribution in [0.2, 0.25) is 0 Å². The minimum absolute atomic E-state index is 0.211. The van der Waals surface area contributed by atoms with E-state index in [4.69, 9.17) is 0 Å². The van der Waals surface area contributed by atoms with Crippen molar-refractivity contribution >= 4 is 10.0 Å². The molecule has 4 nitrogen and oxygen atoms in total. The first-order valence-electron chi connectivity index (χ1n) is 6.85. The van der Waals surface area contributed by atoms with E-state index in [-0.39, 0.29) is 11.3 Å². The molecule has 0 atom stereocenters. The first kappa shape index (κ1) is 15.4. The number of piperidine rings is 1. The molecular formula is C14H21FN2O2S. The molecule has 1 fully saturated rings. The molecule has 112 valence electrons. The molecule has 6 heteroatoms. The van der Waals surface area contributed by atoms with Crippen molar-refractivity contribution in [2.24, 2.45) is 5.92 Å². The zero-order chi connectivity index (χ0) is 14.6. The monoisotopic (exact) mass is 300 g/mol. The molecule has 0 spiro atoms. The van der Waals surface area contributed by atoms with E-state index in [9.17, 15) is 12.8 Å². The van der Waals surface area contributed by atoms with Crippen molar-refractivity contribution in [1.82, 2.24) is 9.62 Å². The lowest BCUT2D eigenvalue weighted by molar-refractivity contribution is 0.220. The minimum Gasteiger partial charge on any atom is -0.306 e. The Hall–Kier alpha value is -0.980. The number of hydrogen-bond donors (Lipinski definition) is 1. The van der Waals surface area contributed by atoms with E-state index in [1.165, 1.54) is 12.1 Å². The summed E-state index contributed by atoms with van der Waals surface area (Å²) in [6, 6.07) is 5.98. The van der Waals surface area contributed by atoms with Crippen molar-refractivity contribution in [1.29, 1.82) is 0 Å². The lowest BCUT2D eigenvalue weighted by Crippen LogP contribution is -2.37. The number of hydrogen-bond acceptors (Lipinski definition) is 3. The number of benzene rings is 1. The van der Waals surface area contributed by atoms with Crippen LogP contribution in [0.4, 0.5) is 4.39 Å². The lowest BCUT2D eigenvalue weighted by atomic mass is 9.98. The predicted octanol–water partition coefficient (Wildman–Crippen LogP) is 1.59. The van der Waals surface area contributed by atoms with Crippen LogP contribution in [0.3, 0.4) is 0 Å². The third kappa shape index (κ3) is 4.54. The Labute approximate surface area is 120 Å². The highest BCUT2D eigenvalue weighted by Gasteiger charge is 2.20. The fourth-order valence-electron chi connectivity index (χ4n) is 2.38. The average molecular weight is 300 g/mol. The van der Waals surface area contributed by atoms with E-state index >= 15 is 0 Å². The number of nitrogens with zero attached hydrogens (tertiary/aromatic N) is 1. The second-order valence-electron chi connectivity index (χ2n) is 5.45. The number of likely N-dealkylation sites (tertiary alicyclic amines) is 1. The van der Waals surface area contributed by atoms with Gasteiger partial charge in [-0.1, -0.05) is 18.2 Å². The van der Waals surface area contributed by atoms with Crippen molar-refractivity contribution in [3.05, 3.63) is 35.6 Å². The molecule has 20 heavy (non-hydrogen) atoms. The molecule has 1 aromatic rings. The van der Waals surface area contributed by atoms with Crippen LogP contribution in [0.1, 0.15) is 18.4 Å². The molecule has 0 saturated carbocycles. The Balaban J connectivity index is 1.87. The fourth-order valence-corrected chi connectivity index (χ4v) is 3.62. The van der Waals surface area contributed by atoms with Crippen molar-refractivity contribution in [3.63, 3.8) is 0 Å². The van der Waals surface area contributed by atoms with Crippen LogP contribution >= 0.6 is 0 Å². The molecule has 0 aromatic heterocycles. The van der Waals surface area contributed by atoms with Gasteiger partial charge in [-0.05, 0) is 45.0 Å². The smallest absolute Gasteiger partial charge is 0.215 e. The molecule has 1 aliphatic rings. The summed E-state index contributed by atoms with van der Waals surface area (Å²) in [7, 11) is -1.41. The minimum atomic E-state index is -3.47. The highest BCUT2D eigenvalue weighted by atomic mass is 32.2. The third-order valence-corrected chi connectivity index (χ3v) is 5.03. The van der Waals surface area contributed by atoms with Gasteiger partial charge in [-0.15, -0.1) is 0 Å². The number of nitrogens with one attached hydrogen (secondary N) is 1. The van der Waals surface area contributed by atoms with Crippen LogP contribution in [-0.2, 0) is 15.8 Å². The topological polar surface area (TPSA) is 49.4 Å². The zero-order valence-electron chi connectivity index (χ0n) is 11.7. The van der Waals surface area contributed by atoms with E-state index in [0.717, 1.165) is 25.9 Å². The van der Waals surface area contributed by atoms with E-state index in [0.29, 0.717) is 12.5 Å². The van der Waals surface area contributed by atoms with E-state index < -0.39 is 15.8 Å². The molecule has 1 aliphatic heterocycles. The summed E-state index contributed by atoms with van der Waals surface area (Å²) in [6.07, 6.45) is 2.00. The third-order valence-electron chi connectivity index (χ3n) is 3.73. The van der Waals surface area contributed by atoms with Crippen molar-refractivity contribution in [2.45, 2.75) is 18.6 Å². The van der Waals surface area contributed by atoms with Gasteiger partial charge >= 0.3 is 0 Å². The van der Waals surface area contributed by atoms with Gasteiger partial charge in [0, 0.05) is 12.1 Å². The van der Waals surface area contributed by atoms with Gasteiger partial charge in [0.15, 0.2) is 0 Å². The van der Waals surface area contributed by atoms with Gasteiger partial charge in [-0.25, -0.2) is 17.5 Å². The standard InChI is InChI=1S/C14H21FN2O2S/c1-17-8-6-12(7-9-17)10-16-20(18,19)11-13-4-2-3-5-14(13)15/h2-5,12,16H,6-11H2,1H3. The zero-order valence-corrected chi connectivity index (χ0v) is 12.5. The molecule has 1 aromatic carbocycles. The van der Waals surface area contributed by atoms with E-state index in [1.807, 2.05) is 0 Å². The van der Waals surface area contributed by atoms with Crippen LogP contribution in [0.5, 0.6) is 0 Å². The molecular weight excluding hydrogens is 279 g/mol. The summed E-state index contributed by atoms with van der Waals surface area (Å²) in [5.41, 5.74) is 0.211. The van der Waals surface area contributed by atoms with Gasteiger partial charge in [0.2, 0.25) is 10.0 Å². The Bertz CT molecular complexity index is 540. The van der Waals surface area contributed by atoms with E-state index in [1.54, 1.807) is 12.1 Å². The SMILES string of the molecule is CN1CCC(CNS(=O)(=O)Cc2ccccc2F)CC1. The fraction of sp³-hybridized carbons (Fsp3) is 0.571. The predicted molar refractivity (Wildman–Crippen MR) is 77.2 cm³/mol. The van der Waals surface area contributed by atoms with Gasteiger partial charge in [-0.3, -0.25) is 0 Å². The van der Waals surface area contributed by atoms with Gasteiger partial charge in [0.25, 0.3) is 0 Å². The van der Waals surface area contributed by atoms with Crippen LogP contribution < -0.4 is 4.72 Å². The van der Waals surface area contributed by atoms with Crippen LogP contribution in [0.15, 0.2) is 24.3 Å². The summed E-state index contributed by atoms with van der Waals surface area (Å²) in [6.45, 7) is 2.45. The van der Waals surface area contributed by atoms with Crippen molar-refractivity contribution < 1.29 is 12.8 Å². The second-order valence-corrected chi connectivity index (χ2v) is 7.25. The van der Waals surface area contributed by atoms with Gasteiger partial charge in [0.1, 0.15) is 5.82 Å². The molecule has 0 aliphatic carbocycles. The van der Waals surface area contributed by atoms with Crippen molar-refractivity contribution in [3.8, 4) is 0 Å². The normalized spacial score (nSPS) is 18.3. The molecule has 1 N–H and O–H groups in total. The van der Waals surface area contributed by atoms with E-state index in [2.05, 4.69) is 16.7 Å². The van der Waals surface area contributed by atoms with Crippen LogP contribution in [-0.4, -0.2) is 40.0 Å². The first-order chi connectivity index (χ1) is 9.46. The molecule has 1 heterocycles. The Morgan fingerprint density at radius 2 is 1.95 bits per heavy atom. The largest absolute Gasteiger partial charge is 0.306 e. The maximum Gasteiger partial charge on any atom is 0.215 e. The summed E-state index contributed by atoms with van der Waals surface area (Å²) in [5.74, 6) is -0.398. The average Bonchev–Trinajstić information content (AvgIpc) is 2.41. The molecule has 0 amide bonds. The maximum atomic E-state index is 13.5. The van der Waals surface area contributed by atoms with Crippen molar-refractivity contribution in [2.75, 3.05) is 26.7 Å². The molecule has 1 saturated heterocycles. The van der Waals surface area contributed by atoms with Crippen LogP contribution in [0, 0.1) is 11.7 Å². The second kappa shape index (κ2) is 6.65. The maximum absolute atomic E-state index is 13.5. The highest BCUT2D eigenvalue weighted by molar-refractivity contribution is 7.88. The van der Waals surface area contributed by atoms with Gasteiger partial charge in [-0.2, -0.15) is 0 Å². The summed E-state index contributed by atoms with van der Waals surface area (Å²) in [4.78, 5) is 2.24. The Morgan fingerprint density at radius 3 is 2.60 bits per heavy atom. The molecule has 2 rings (SSSR count). The number of rotatable bonds is 5.